The zero-order valence-corrected chi connectivity index (χ0v) is 10.8. The van der Waals surface area contributed by atoms with Crippen LogP contribution < -0.4 is 5.32 Å². The fourth-order valence-corrected chi connectivity index (χ4v) is 1.76. The number of hydrogen-bond donors (Lipinski definition) is 1. The second-order valence-electron chi connectivity index (χ2n) is 4.04. The fraction of sp³-hybridized carbons (Fsp3) is 0.143. The van der Waals surface area contributed by atoms with E-state index in [1.54, 1.807) is 18.5 Å². The molecule has 1 heterocycles. The second-order valence-corrected chi connectivity index (χ2v) is 4.48. The Kier molecular flexibility index (Phi) is 4.47. The Balaban J connectivity index is 1.91. The van der Waals surface area contributed by atoms with E-state index in [1.165, 1.54) is 12.1 Å². The number of pyridine rings is 1. The minimum atomic E-state index is -0.466. The third-order valence-electron chi connectivity index (χ3n) is 2.61. The smallest absolute Gasteiger partial charge is 0.224 e. The first-order chi connectivity index (χ1) is 9.15. The quantitative estimate of drug-likeness (QED) is 0.934. The number of carbonyl (C=O) groups is 1. The number of amides is 1. The van der Waals surface area contributed by atoms with Crippen LogP contribution in [0.3, 0.4) is 0 Å². The predicted octanol–water partition coefficient (Wildman–Crippen LogP) is 2.73. The van der Waals surface area contributed by atoms with Crippen molar-refractivity contribution in [3.05, 3.63) is 64.7 Å². The van der Waals surface area contributed by atoms with Gasteiger partial charge in [-0.3, -0.25) is 9.78 Å². The van der Waals surface area contributed by atoms with Crippen molar-refractivity contribution in [2.24, 2.45) is 0 Å². The molecule has 0 saturated carbocycles. The number of halogens is 2. The van der Waals surface area contributed by atoms with E-state index in [9.17, 15) is 9.18 Å². The van der Waals surface area contributed by atoms with Gasteiger partial charge >= 0.3 is 0 Å². The van der Waals surface area contributed by atoms with Gasteiger partial charge in [0.15, 0.2) is 0 Å². The highest BCUT2D eigenvalue weighted by molar-refractivity contribution is 6.30. The van der Waals surface area contributed by atoms with Crippen molar-refractivity contribution >= 4 is 17.5 Å². The van der Waals surface area contributed by atoms with E-state index in [4.69, 9.17) is 11.6 Å². The molecule has 19 heavy (non-hydrogen) atoms. The summed E-state index contributed by atoms with van der Waals surface area (Å²) in [5, 5.41) is 3.04. The van der Waals surface area contributed by atoms with Crippen LogP contribution in [0.2, 0.25) is 5.02 Å². The van der Waals surface area contributed by atoms with Crippen LogP contribution >= 0.6 is 11.6 Å². The van der Waals surface area contributed by atoms with Gasteiger partial charge in [-0.25, -0.2) is 4.39 Å². The molecule has 2 aromatic rings. The van der Waals surface area contributed by atoms with Gasteiger partial charge in [0, 0.05) is 24.0 Å². The summed E-state index contributed by atoms with van der Waals surface area (Å²) >= 11 is 5.65. The first-order valence-corrected chi connectivity index (χ1v) is 6.12. The molecule has 0 aliphatic heterocycles. The molecule has 5 heteroatoms. The lowest BCUT2D eigenvalue weighted by Gasteiger charge is -2.06. The van der Waals surface area contributed by atoms with E-state index in [-0.39, 0.29) is 12.3 Å². The van der Waals surface area contributed by atoms with Crippen molar-refractivity contribution in [2.75, 3.05) is 0 Å². The molecule has 2 rings (SSSR count). The van der Waals surface area contributed by atoms with Crippen LogP contribution in [0.15, 0.2) is 42.7 Å². The molecule has 0 fully saturated rings. The summed E-state index contributed by atoms with van der Waals surface area (Å²) in [6, 6.07) is 7.90. The Labute approximate surface area is 115 Å². The highest BCUT2D eigenvalue weighted by Crippen LogP contribution is 2.15. The van der Waals surface area contributed by atoms with E-state index < -0.39 is 5.82 Å². The lowest BCUT2D eigenvalue weighted by molar-refractivity contribution is -0.120. The molecule has 0 spiro atoms. The minimum absolute atomic E-state index is 0.00587. The Morgan fingerprint density at radius 3 is 2.68 bits per heavy atom. The maximum atomic E-state index is 13.5. The lowest BCUT2D eigenvalue weighted by Crippen LogP contribution is -2.24. The third-order valence-corrected chi connectivity index (χ3v) is 2.84. The van der Waals surface area contributed by atoms with E-state index in [0.29, 0.717) is 17.1 Å². The van der Waals surface area contributed by atoms with Crippen LogP contribution in [0.4, 0.5) is 4.39 Å². The number of aromatic nitrogens is 1. The Hall–Kier alpha value is -1.94. The Morgan fingerprint density at radius 2 is 2.00 bits per heavy atom. The van der Waals surface area contributed by atoms with Crippen molar-refractivity contribution in [2.45, 2.75) is 13.0 Å². The lowest BCUT2D eigenvalue weighted by atomic mass is 10.1. The van der Waals surface area contributed by atoms with Gasteiger partial charge in [0.1, 0.15) is 5.82 Å². The summed E-state index contributed by atoms with van der Waals surface area (Å²) in [7, 11) is 0. The normalized spacial score (nSPS) is 10.2. The molecule has 1 amide bonds. The van der Waals surface area contributed by atoms with Crippen molar-refractivity contribution in [1.29, 1.82) is 0 Å². The van der Waals surface area contributed by atoms with Gasteiger partial charge in [0.05, 0.1) is 6.42 Å². The van der Waals surface area contributed by atoms with Crippen molar-refractivity contribution in [3.8, 4) is 0 Å². The number of nitrogens with one attached hydrogen (secondary N) is 1. The standard InChI is InChI=1S/C14H12ClFN2O/c15-12-2-1-11(13(16)8-12)7-14(19)18-9-10-3-5-17-6-4-10/h1-6,8H,7,9H2,(H,18,19). The summed E-state index contributed by atoms with van der Waals surface area (Å²) in [5.74, 6) is -0.704. The third kappa shape index (κ3) is 4.03. The first kappa shape index (κ1) is 13.5. The molecule has 0 aliphatic carbocycles. The molecule has 1 aromatic heterocycles. The van der Waals surface area contributed by atoms with Crippen LogP contribution in [-0.2, 0) is 17.8 Å². The zero-order valence-electron chi connectivity index (χ0n) is 10.1. The van der Waals surface area contributed by atoms with Gasteiger partial charge in [-0.2, -0.15) is 0 Å². The Morgan fingerprint density at radius 1 is 1.26 bits per heavy atom. The Bertz CT molecular complexity index is 575. The van der Waals surface area contributed by atoms with Gasteiger partial charge in [0.2, 0.25) is 5.91 Å². The first-order valence-electron chi connectivity index (χ1n) is 5.74. The summed E-state index contributed by atoms with van der Waals surface area (Å²) < 4.78 is 13.5. The molecule has 0 atom stereocenters. The highest BCUT2D eigenvalue weighted by Gasteiger charge is 2.08. The van der Waals surface area contributed by atoms with Gasteiger partial charge in [-0.1, -0.05) is 17.7 Å². The average molecular weight is 279 g/mol. The van der Waals surface area contributed by atoms with Gasteiger partial charge in [0.25, 0.3) is 0 Å². The van der Waals surface area contributed by atoms with Crippen LogP contribution in [0.25, 0.3) is 0 Å². The highest BCUT2D eigenvalue weighted by atomic mass is 35.5. The molecule has 98 valence electrons. The second kappa shape index (κ2) is 6.29. The summed E-state index contributed by atoms with van der Waals surface area (Å²) in [6.07, 6.45) is 3.30. The number of hydrogen-bond acceptors (Lipinski definition) is 2. The molecule has 0 saturated heterocycles. The molecular formula is C14H12ClFN2O. The van der Waals surface area contributed by atoms with E-state index in [2.05, 4.69) is 10.3 Å². The molecule has 1 aromatic carbocycles. The van der Waals surface area contributed by atoms with Crippen molar-refractivity contribution in [3.63, 3.8) is 0 Å². The van der Waals surface area contributed by atoms with Gasteiger partial charge < -0.3 is 5.32 Å². The molecule has 1 N–H and O–H groups in total. The summed E-state index contributed by atoms with van der Waals surface area (Å²) in [6.45, 7) is 0.399. The molecule has 0 radical (unpaired) electrons. The molecule has 3 nitrogen and oxygen atoms in total. The zero-order chi connectivity index (χ0) is 13.7. The van der Waals surface area contributed by atoms with Gasteiger partial charge in [-0.15, -0.1) is 0 Å². The molecule has 0 unspecified atom stereocenters. The fourth-order valence-electron chi connectivity index (χ4n) is 1.60. The largest absolute Gasteiger partial charge is 0.352 e. The number of rotatable bonds is 4. The molecule has 0 bridgehead atoms. The van der Waals surface area contributed by atoms with Crippen LogP contribution in [0.1, 0.15) is 11.1 Å². The summed E-state index contributed by atoms with van der Waals surface area (Å²) in [4.78, 5) is 15.6. The minimum Gasteiger partial charge on any atom is -0.352 e. The van der Waals surface area contributed by atoms with E-state index in [1.807, 2.05) is 12.1 Å². The van der Waals surface area contributed by atoms with Crippen LogP contribution in [0, 0.1) is 5.82 Å². The maximum absolute atomic E-state index is 13.5. The number of benzene rings is 1. The summed E-state index contributed by atoms with van der Waals surface area (Å²) in [5.41, 5.74) is 1.27. The average Bonchev–Trinajstić information content (AvgIpc) is 2.41. The topological polar surface area (TPSA) is 42.0 Å². The number of nitrogens with zero attached hydrogens (tertiary/aromatic N) is 1. The molecule has 0 aliphatic rings. The van der Waals surface area contributed by atoms with E-state index in [0.717, 1.165) is 5.56 Å². The predicted molar refractivity (Wildman–Crippen MR) is 71.2 cm³/mol. The van der Waals surface area contributed by atoms with Crippen molar-refractivity contribution < 1.29 is 9.18 Å². The van der Waals surface area contributed by atoms with Gasteiger partial charge in [-0.05, 0) is 35.4 Å². The van der Waals surface area contributed by atoms with E-state index >= 15 is 0 Å². The van der Waals surface area contributed by atoms with Crippen molar-refractivity contribution in [1.82, 2.24) is 10.3 Å². The van der Waals surface area contributed by atoms with Crippen LogP contribution in [-0.4, -0.2) is 10.9 Å². The van der Waals surface area contributed by atoms with Crippen LogP contribution in [0.5, 0.6) is 0 Å². The molecular weight excluding hydrogens is 267 g/mol. The monoisotopic (exact) mass is 278 g/mol. The SMILES string of the molecule is O=C(Cc1ccc(Cl)cc1F)NCc1ccncc1. The maximum Gasteiger partial charge on any atom is 0.224 e. The number of carbonyl (C=O) groups excluding carboxylic acids is 1.